The summed E-state index contributed by atoms with van der Waals surface area (Å²) in [5, 5.41) is 12.6. The second-order valence-corrected chi connectivity index (χ2v) is 4.19. The van der Waals surface area contributed by atoms with Crippen LogP contribution in [0.25, 0.3) is 0 Å². The average molecular weight is 259 g/mol. The number of hydrogen-bond acceptors (Lipinski definition) is 4. The zero-order chi connectivity index (χ0) is 14.1. The zero-order valence-electron chi connectivity index (χ0n) is 9.66. The molecule has 0 unspecified atom stereocenters. The molecule has 0 atom stereocenters. The van der Waals surface area contributed by atoms with Gasteiger partial charge >= 0.3 is 0 Å². The molecule has 0 aliphatic carbocycles. The number of anilines is 1. The summed E-state index contributed by atoms with van der Waals surface area (Å²) in [6, 6.07) is 1.37. The van der Waals surface area contributed by atoms with E-state index in [2.05, 4.69) is 0 Å². The number of carbonyl (C=O) groups excluding carboxylic acids is 1. The van der Waals surface area contributed by atoms with Crippen LogP contribution in [0.5, 0.6) is 0 Å². The van der Waals surface area contributed by atoms with Gasteiger partial charge in [-0.2, -0.15) is 0 Å². The number of nitro groups is 1. The predicted molar refractivity (Wildman–Crippen MR) is 59.9 cm³/mol. The van der Waals surface area contributed by atoms with Crippen LogP contribution < -0.4 is 11.1 Å². The molecule has 6 nitrogen and oxygen atoms in total. The van der Waals surface area contributed by atoms with Gasteiger partial charge in [0, 0.05) is 6.07 Å². The highest BCUT2D eigenvalue weighted by Crippen LogP contribution is 2.29. The number of nitro benzene ring substituents is 1. The Kier molecular flexibility index (Phi) is 3.61. The van der Waals surface area contributed by atoms with Crippen LogP contribution in [0.1, 0.15) is 13.8 Å². The molecule has 1 amide bonds. The van der Waals surface area contributed by atoms with E-state index in [4.69, 9.17) is 5.73 Å². The smallest absolute Gasteiger partial charge is 0.296 e. The van der Waals surface area contributed by atoms with E-state index in [0.29, 0.717) is 6.07 Å². The maximum Gasteiger partial charge on any atom is 0.296 e. The van der Waals surface area contributed by atoms with Crippen LogP contribution in [0.3, 0.4) is 0 Å². The molecule has 1 aromatic rings. The van der Waals surface area contributed by atoms with Gasteiger partial charge in [-0.3, -0.25) is 14.9 Å². The number of amides is 1. The number of carbonyl (C=O) groups is 1. The van der Waals surface area contributed by atoms with E-state index in [9.17, 15) is 23.7 Å². The molecule has 0 bridgehead atoms. The fourth-order valence-corrected chi connectivity index (χ4v) is 1.09. The van der Waals surface area contributed by atoms with Crippen LogP contribution in [0.2, 0.25) is 0 Å². The molecule has 0 fully saturated rings. The molecule has 0 spiro atoms. The topological polar surface area (TPSA) is 98.3 Å². The predicted octanol–water partition coefficient (Wildman–Crippen LogP) is 1.55. The number of nitrogens with two attached hydrogens (primary N) is 1. The Bertz CT molecular complexity index is 512. The lowest BCUT2D eigenvalue weighted by atomic mass is 10.1. The van der Waals surface area contributed by atoms with Crippen LogP contribution in [0, 0.1) is 21.7 Å². The summed E-state index contributed by atoms with van der Waals surface area (Å²) < 4.78 is 26.4. The Labute approximate surface area is 101 Å². The van der Waals surface area contributed by atoms with Crippen LogP contribution in [0.15, 0.2) is 12.1 Å². The fourth-order valence-electron chi connectivity index (χ4n) is 1.09. The first-order valence-corrected chi connectivity index (χ1v) is 4.87. The second kappa shape index (κ2) is 4.65. The Morgan fingerprint density at radius 2 is 2.00 bits per heavy atom. The lowest BCUT2D eigenvalue weighted by Gasteiger charge is -2.18. The first-order chi connectivity index (χ1) is 8.14. The van der Waals surface area contributed by atoms with Crippen LogP contribution >= 0.6 is 0 Å². The van der Waals surface area contributed by atoms with E-state index in [1.807, 2.05) is 5.32 Å². The van der Waals surface area contributed by atoms with Crippen molar-refractivity contribution in [2.45, 2.75) is 19.4 Å². The minimum atomic E-state index is -1.50. The van der Waals surface area contributed by atoms with Gasteiger partial charge in [0.1, 0.15) is 0 Å². The third kappa shape index (κ3) is 2.77. The first-order valence-electron chi connectivity index (χ1n) is 4.87. The molecule has 0 aliphatic heterocycles. The van der Waals surface area contributed by atoms with Crippen molar-refractivity contribution in [3.63, 3.8) is 0 Å². The van der Waals surface area contributed by atoms with Crippen molar-refractivity contribution in [3.05, 3.63) is 33.9 Å². The summed E-state index contributed by atoms with van der Waals surface area (Å²) in [6.07, 6.45) is 0. The number of rotatable bonds is 3. The van der Waals surface area contributed by atoms with Gasteiger partial charge in [0.15, 0.2) is 17.3 Å². The van der Waals surface area contributed by atoms with Crippen molar-refractivity contribution in [1.82, 2.24) is 0 Å². The minimum Gasteiger partial charge on any atom is -0.318 e. The van der Waals surface area contributed by atoms with Crippen LogP contribution in [0.4, 0.5) is 20.2 Å². The summed E-state index contributed by atoms with van der Waals surface area (Å²) in [4.78, 5) is 21.2. The third-order valence-corrected chi connectivity index (χ3v) is 2.09. The highest BCUT2D eigenvalue weighted by Gasteiger charge is 2.28. The Morgan fingerprint density at radius 1 is 1.44 bits per heavy atom. The van der Waals surface area contributed by atoms with Crippen molar-refractivity contribution in [2.75, 3.05) is 5.32 Å². The molecule has 0 saturated heterocycles. The number of benzene rings is 1. The molecule has 8 heteroatoms. The van der Waals surface area contributed by atoms with E-state index in [1.54, 1.807) is 0 Å². The number of nitrogens with zero attached hydrogens (tertiary/aromatic N) is 1. The summed E-state index contributed by atoms with van der Waals surface area (Å²) in [7, 11) is 0. The van der Waals surface area contributed by atoms with Gasteiger partial charge < -0.3 is 11.1 Å². The van der Waals surface area contributed by atoms with E-state index >= 15 is 0 Å². The molecular weight excluding hydrogens is 248 g/mol. The molecule has 0 heterocycles. The van der Waals surface area contributed by atoms with Crippen molar-refractivity contribution >= 4 is 17.3 Å². The summed E-state index contributed by atoms with van der Waals surface area (Å²) >= 11 is 0. The molecular formula is C10H11F2N3O3. The molecule has 98 valence electrons. The molecule has 1 aromatic carbocycles. The number of nitrogens with one attached hydrogen (secondary N) is 1. The van der Waals surface area contributed by atoms with E-state index in [1.165, 1.54) is 13.8 Å². The van der Waals surface area contributed by atoms with E-state index in [0.717, 1.165) is 6.07 Å². The Morgan fingerprint density at radius 3 is 2.44 bits per heavy atom. The highest BCUT2D eigenvalue weighted by molar-refractivity contribution is 5.99. The fraction of sp³-hybridized carbons (Fsp3) is 0.300. The maximum absolute atomic E-state index is 13.4. The zero-order valence-corrected chi connectivity index (χ0v) is 9.66. The quantitative estimate of drug-likeness (QED) is 0.635. The lowest BCUT2D eigenvalue weighted by Crippen LogP contribution is -2.45. The summed E-state index contributed by atoms with van der Waals surface area (Å²) in [6.45, 7) is 2.65. The van der Waals surface area contributed by atoms with E-state index in [-0.39, 0.29) is 0 Å². The van der Waals surface area contributed by atoms with Crippen LogP contribution in [-0.4, -0.2) is 16.4 Å². The normalized spacial score (nSPS) is 11.2. The summed E-state index contributed by atoms with van der Waals surface area (Å²) in [5.74, 6) is -3.66. The lowest BCUT2D eigenvalue weighted by molar-refractivity contribution is -0.384. The van der Waals surface area contributed by atoms with Crippen LogP contribution in [-0.2, 0) is 4.79 Å². The highest BCUT2D eigenvalue weighted by atomic mass is 19.2. The monoisotopic (exact) mass is 259 g/mol. The SMILES string of the molecule is CC(C)(N)C(=O)Nc1c([N+](=O)[O-])ccc(F)c1F. The number of halogens is 2. The molecule has 0 saturated carbocycles. The molecule has 18 heavy (non-hydrogen) atoms. The van der Waals surface area contributed by atoms with Crippen molar-refractivity contribution < 1.29 is 18.5 Å². The van der Waals surface area contributed by atoms with Gasteiger partial charge in [-0.25, -0.2) is 8.78 Å². The third-order valence-electron chi connectivity index (χ3n) is 2.09. The molecule has 0 radical (unpaired) electrons. The Balaban J connectivity index is 3.26. The second-order valence-electron chi connectivity index (χ2n) is 4.19. The minimum absolute atomic E-state index is 0.608. The Hall–Kier alpha value is -2.09. The molecule has 0 aromatic heterocycles. The molecule has 3 N–H and O–H groups in total. The molecule has 0 aliphatic rings. The van der Waals surface area contributed by atoms with E-state index < -0.39 is 39.4 Å². The van der Waals surface area contributed by atoms with Gasteiger partial charge in [-0.15, -0.1) is 0 Å². The average Bonchev–Trinajstić information content (AvgIpc) is 2.23. The van der Waals surface area contributed by atoms with Crippen molar-refractivity contribution in [1.29, 1.82) is 0 Å². The standard InChI is InChI=1S/C10H11F2N3O3/c1-10(2,13)9(16)14-8-6(15(17)18)4-3-5(11)7(8)12/h3-4H,13H2,1-2H3,(H,14,16). The van der Waals surface area contributed by atoms with Crippen molar-refractivity contribution in [3.8, 4) is 0 Å². The summed E-state index contributed by atoms with van der Waals surface area (Å²) in [5.41, 5.74) is 2.49. The van der Waals surface area contributed by atoms with Crippen molar-refractivity contribution in [2.24, 2.45) is 5.73 Å². The van der Waals surface area contributed by atoms with Gasteiger partial charge in [-0.05, 0) is 19.9 Å². The van der Waals surface area contributed by atoms with Gasteiger partial charge in [0.25, 0.3) is 5.69 Å². The van der Waals surface area contributed by atoms with Gasteiger partial charge in [0.2, 0.25) is 5.91 Å². The first kappa shape index (κ1) is 14.0. The maximum atomic E-state index is 13.4. The largest absolute Gasteiger partial charge is 0.318 e. The number of hydrogen-bond donors (Lipinski definition) is 2. The van der Waals surface area contributed by atoms with Gasteiger partial charge in [-0.1, -0.05) is 0 Å². The van der Waals surface area contributed by atoms with Gasteiger partial charge in [0.05, 0.1) is 10.5 Å². The molecule has 1 rings (SSSR count).